The Labute approximate surface area is 65.6 Å². The molecule has 1 unspecified atom stereocenters. The zero-order chi connectivity index (χ0) is 9.52. The van der Waals surface area contributed by atoms with Gasteiger partial charge in [-0.3, -0.25) is 10.1 Å². The monoisotopic (exact) mass is 175 g/mol. The Bertz CT molecular complexity index is 257. The third-order valence-corrected chi connectivity index (χ3v) is 1.64. The van der Waals surface area contributed by atoms with Gasteiger partial charge in [-0.15, -0.1) is 0 Å². The van der Waals surface area contributed by atoms with Crippen LogP contribution in [0.15, 0.2) is 0 Å². The lowest BCUT2D eigenvalue weighted by Crippen LogP contribution is -2.39. The van der Waals surface area contributed by atoms with E-state index < -0.39 is 29.5 Å². The molecule has 0 aliphatic carbocycles. The van der Waals surface area contributed by atoms with Crippen LogP contribution in [0.4, 0.5) is 0 Å². The van der Waals surface area contributed by atoms with Crippen LogP contribution < -0.4 is 5.32 Å². The largest absolute Gasteiger partial charge is 0.480 e. The molecule has 0 spiro atoms. The summed E-state index contributed by atoms with van der Waals surface area (Å²) in [6.45, 7) is 0. The maximum Gasteiger partial charge on any atom is 0.338 e. The molecule has 66 valence electrons. The van der Waals surface area contributed by atoms with Gasteiger partial charge >= 0.3 is 17.9 Å². The van der Waals surface area contributed by atoms with Crippen LogP contribution in [0.2, 0.25) is 0 Å². The Kier molecular flexibility index (Phi) is 1.54. The van der Waals surface area contributed by atoms with E-state index >= 15 is 0 Å². The van der Waals surface area contributed by atoms with Gasteiger partial charge in [-0.25, -0.2) is 9.59 Å². The SMILES string of the molecule is O=C(O)C1NC1(C(=O)O)C(=O)O. The third kappa shape index (κ3) is 0.832. The van der Waals surface area contributed by atoms with Crippen LogP contribution in [0.5, 0.6) is 0 Å². The van der Waals surface area contributed by atoms with Crippen molar-refractivity contribution in [2.24, 2.45) is 0 Å². The van der Waals surface area contributed by atoms with E-state index in [2.05, 4.69) is 0 Å². The molecule has 1 fully saturated rings. The van der Waals surface area contributed by atoms with Crippen molar-refractivity contribution in [1.29, 1.82) is 0 Å². The average Bonchev–Trinajstić information content (AvgIpc) is 2.60. The fraction of sp³-hybridized carbons (Fsp3) is 0.400. The molecular formula is C5H5NO6. The minimum absolute atomic E-state index is 1.49. The molecule has 0 amide bonds. The maximum atomic E-state index is 10.3. The molecule has 12 heavy (non-hydrogen) atoms. The summed E-state index contributed by atoms with van der Waals surface area (Å²) in [5.41, 5.74) is -2.33. The molecule has 0 aromatic carbocycles. The number of aliphatic carboxylic acids is 3. The zero-order valence-electron chi connectivity index (χ0n) is 5.64. The van der Waals surface area contributed by atoms with Crippen LogP contribution in [-0.2, 0) is 14.4 Å². The first-order valence-electron chi connectivity index (χ1n) is 2.90. The first-order chi connectivity index (χ1) is 5.43. The molecular weight excluding hydrogens is 170 g/mol. The highest BCUT2D eigenvalue weighted by Crippen LogP contribution is 2.27. The van der Waals surface area contributed by atoms with Crippen molar-refractivity contribution < 1.29 is 29.7 Å². The topological polar surface area (TPSA) is 134 Å². The van der Waals surface area contributed by atoms with Gasteiger partial charge in [0.1, 0.15) is 6.04 Å². The number of hydrogen-bond donors (Lipinski definition) is 4. The van der Waals surface area contributed by atoms with E-state index in [0.717, 1.165) is 0 Å². The molecule has 0 radical (unpaired) electrons. The smallest absolute Gasteiger partial charge is 0.338 e. The second kappa shape index (κ2) is 2.18. The summed E-state index contributed by atoms with van der Waals surface area (Å²) < 4.78 is 0. The molecule has 0 aromatic heterocycles. The Morgan fingerprint density at radius 1 is 1.08 bits per heavy atom. The van der Waals surface area contributed by atoms with Crippen LogP contribution in [0.1, 0.15) is 0 Å². The fourth-order valence-electron chi connectivity index (χ4n) is 0.895. The first kappa shape index (κ1) is 8.47. The van der Waals surface area contributed by atoms with E-state index in [-0.39, 0.29) is 0 Å². The summed E-state index contributed by atoms with van der Waals surface area (Å²) in [5.74, 6) is -4.87. The van der Waals surface area contributed by atoms with Gasteiger partial charge in [0.25, 0.3) is 0 Å². The summed E-state index contributed by atoms with van der Waals surface area (Å²) in [6, 6.07) is -1.53. The molecule has 4 N–H and O–H groups in total. The van der Waals surface area contributed by atoms with E-state index in [0.29, 0.717) is 0 Å². The Morgan fingerprint density at radius 2 is 1.50 bits per heavy atom. The molecule has 1 heterocycles. The van der Waals surface area contributed by atoms with Gasteiger partial charge < -0.3 is 15.3 Å². The van der Waals surface area contributed by atoms with Crippen molar-refractivity contribution in [1.82, 2.24) is 5.32 Å². The van der Waals surface area contributed by atoms with Gasteiger partial charge in [0.2, 0.25) is 5.54 Å². The van der Waals surface area contributed by atoms with Crippen molar-refractivity contribution in [2.75, 3.05) is 0 Å². The van der Waals surface area contributed by atoms with Crippen molar-refractivity contribution in [3.8, 4) is 0 Å². The first-order valence-corrected chi connectivity index (χ1v) is 2.90. The molecule has 0 bridgehead atoms. The van der Waals surface area contributed by atoms with Crippen molar-refractivity contribution in [2.45, 2.75) is 11.6 Å². The van der Waals surface area contributed by atoms with Crippen LogP contribution in [0, 0.1) is 0 Å². The van der Waals surface area contributed by atoms with Crippen LogP contribution in [0.3, 0.4) is 0 Å². The highest BCUT2D eigenvalue weighted by Gasteiger charge is 2.70. The summed E-state index contributed by atoms with van der Waals surface area (Å²) in [4.78, 5) is 30.9. The number of hydrogen-bond acceptors (Lipinski definition) is 4. The van der Waals surface area contributed by atoms with E-state index in [9.17, 15) is 14.4 Å². The zero-order valence-corrected chi connectivity index (χ0v) is 5.64. The third-order valence-electron chi connectivity index (χ3n) is 1.64. The number of carboxylic acids is 3. The van der Waals surface area contributed by atoms with E-state index in [4.69, 9.17) is 15.3 Å². The summed E-state index contributed by atoms with van der Waals surface area (Å²) >= 11 is 0. The average molecular weight is 175 g/mol. The minimum atomic E-state index is -2.33. The van der Waals surface area contributed by atoms with Gasteiger partial charge in [-0.1, -0.05) is 0 Å². The second-order valence-electron chi connectivity index (χ2n) is 2.33. The minimum Gasteiger partial charge on any atom is -0.480 e. The molecule has 1 aliphatic heterocycles. The number of carbonyl (C=O) groups is 3. The van der Waals surface area contributed by atoms with Gasteiger partial charge in [0.15, 0.2) is 0 Å². The lowest BCUT2D eigenvalue weighted by molar-refractivity contribution is -0.154. The van der Waals surface area contributed by atoms with Gasteiger partial charge in [0.05, 0.1) is 0 Å². The molecule has 1 rings (SSSR count). The van der Waals surface area contributed by atoms with E-state index in [1.165, 1.54) is 0 Å². The van der Waals surface area contributed by atoms with Crippen LogP contribution >= 0.6 is 0 Å². The Hall–Kier alpha value is -1.63. The summed E-state index contributed by atoms with van der Waals surface area (Å²) in [5, 5.41) is 27.0. The standard InChI is InChI=1S/C5H5NO6/c7-2(8)1-5(6-1,3(9)10)4(11)12/h1,6H,(H,7,8)(H,9,10)(H,11,12). The molecule has 1 aliphatic rings. The fourth-order valence-corrected chi connectivity index (χ4v) is 0.895. The normalized spacial score (nSPS) is 24.5. The lowest BCUT2D eigenvalue weighted by Gasteiger charge is -1.99. The van der Waals surface area contributed by atoms with Gasteiger partial charge in [0, 0.05) is 0 Å². The van der Waals surface area contributed by atoms with Crippen molar-refractivity contribution >= 4 is 17.9 Å². The molecule has 7 heteroatoms. The summed E-state index contributed by atoms with van der Waals surface area (Å²) in [6.07, 6.45) is 0. The number of carboxylic acid groups (broad SMARTS) is 3. The maximum absolute atomic E-state index is 10.3. The predicted octanol–water partition coefficient (Wildman–Crippen LogP) is -2.05. The second-order valence-corrected chi connectivity index (χ2v) is 2.33. The highest BCUT2D eigenvalue weighted by atomic mass is 16.4. The highest BCUT2D eigenvalue weighted by molar-refractivity contribution is 6.13. The lowest BCUT2D eigenvalue weighted by atomic mass is 10.1. The molecule has 0 aromatic rings. The number of rotatable bonds is 3. The van der Waals surface area contributed by atoms with Crippen LogP contribution in [-0.4, -0.2) is 44.8 Å². The van der Waals surface area contributed by atoms with Crippen molar-refractivity contribution in [3.05, 3.63) is 0 Å². The van der Waals surface area contributed by atoms with Crippen molar-refractivity contribution in [3.63, 3.8) is 0 Å². The molecule has 1 atom stereocenters. The predicted molar refractivity (Wildman–Crippen MR) is 32.6 cm³/mol. The molecule has 1 saturated heterocycles. The van der Waals surface area contributed by atoms with Gasteiger partial charge in [-0.05, 0) is 0 Å². The Balaban J connectivity index is 2.90. The van der Waals surface area contributed by atoms with E-state index in [1.807, 2.05) is 5.32 Å². The summed E-state index contributed by atoms with van der Waals surface area (Å²) in [7, 11) is 0. The van der Waals surface area contributed by atoms with Gasteiger partial charge in [-0.2, -0.15) is 0 Å². The van der Waals surface area contributed by atoms with E-state index in [1.54, 1.807) is 0 Å². The number of nitrogens with one attached hydrogen (secondary N) is 1. The molecule has 7 nitrogen and oxygen atoms in total. The molecule has 0 saturated carbocycles. The van der Waals surface area contributed by atoms with Crippen LogP contribution in [0.25, 0.3) is 0 Å². The Morgan fingerprint density at radius 3 is 1.58 bits per heavy atom. The quantitative estimate of drug-likeness (QED) is 0.286.